The molecule has 3 aromatic rings. The topological polar surface area (TPSA) is 143 Å². The van der Waals surface area contributed by atoms with E-state index in [-0.39, 0.29) is 17.2 Å². The van der Waals surface area contributed by atoms with Gasteiger partial charge in [-0.05, 0) is 24.6 Å². The molecule has 10 heteroatoms. The third kappa shape index (κ3) is 3.61. The molecule has 0 saturated carbocycles. The fourth-order valence-corrected chi connectivity index (χ4v) is 2.61. The van der Waals surface area contributed by atoms with Gasteiger partial charge in [-0.15, -0.1) is 0 Å². The molecule has 10 nitrogen and oxygen atoms in total. The Balaban J connectivity index is 1.84. The van der Waals surface area contributed by atoms with Crippen LogP contribution in [0.3, 0.4) is 0 Å². The van der Waals surface area contributed by atoms with Crippen LogP contribution in [0.25, 0.3) is 5.78 Å². The molecule has 2 aromatic heterocycles. The highest BCUT2D eigenvalue weighted by Gasteiger charge is 2.19. The van der Waals surface area contributed by atoms with E-state index in [0.29, 0.717) is 5.56 Å². The minimum atomic E-state index is -1.30. The number of carboxylic acid groups (broad SMARTS) is 1. The number of ether oxygens (including phenoxy) is 1. The molecular weight excluding hydrogens is 368 g/mol. The maximum Gasteiger partial charge on any atom is 0.353 e. The first-order chi connectivity index (χ1) is 13.3. The molecule has 0 saturated heterocycles. The molecule has 0 aliphatic rings. The zero-order valence-electron chi connectivity index (χ0n) is 14.9. The first kappa shape index (κ1) is 18.8. The Kier molecular flexibility index (Phi) is 4.94. The van der Waals surface area contributed by atoms with Crippen LogP contribution in [0.5, 0.6) is 5.88 Å². The fourth-order valence-electron chi connectivity index (χ4n) is 2.61. The van der Waals surface area contributed by atoms with E-state index in [9.17, 15) is 24.6 Å². The van der Waals surface area contributed by atoms with Gasteiger partial charge in [0.2, 0.25) is 11.7 Å². The number of rotatable bonds is 5. The number of methoxy groups -OCH3 is 1. The highest BCUT2D eigenvalue weighted by atomic mass is 16.5. The number of aromatic nitrogens is 3. The Labute approximate surface area is 158 Å². The van der Waals surface area contributed by atoms with Crippen molar-refractivity contribution in [3.63, 3.8) is 0 Å². The summed E-state index contributed by atoms with van der Waals surface area (Å²) in [6.07, 6.45) is 1.10. The molecule has 0 fully saturated rings. The van der Waals surface area contributed by atoms with Gasteiger partial charge in [-0.3, -0.25) is 9.20 Å². The summed E-state index contributed by atoms with van der Waals surface area (Å²) in [6.45, 7) is 1.73. The monoisotopic (exact) mass is 384 g/mol. The van der Waals surface area contributed by atoms with Crippen LogP contribution in [-0.4, -0.2) is 49.5 Å². The van der Waals surface area contributed by atoms with E-state index in [1.54, 1.807) is 31.2 Å². The number of fused-ring (bicyclic) bond motifs is 1. The normalized spacial score (nSPS) is 11.8. The molecule has 0 radical (unpaired) electrons. The lowest BCUT2D eigenvalue weighted by atomic mass is 10.1. The number of aromatic carboxylic acids is 1. The van der Waals surface area contributed by atoms with Crippen molar-refractivity contribution in [1.29, 1.82) is 0 Å². The third-order valence-electron chi connectivity index (χ3n) is 4.06. The number of carboxylic acids is 1. The number of hydrogen-bond donors (Lipinski definition) is 3. The molecule has 1 amide bonds. The van der Waals surface area contributed by atoms with Gasteiger partial charge in [0, 0.05) is 6.07 Å². The standard InChI is InChI=1S/C18H16N4O6/c1-9(10-3-5-11(6-4-10)17(27)28-2)19-15(24)12-7-13(16(25)26)22-8-14(23)21-18(22)20-12/h3-9,23H,1-2H3,(H,19,24)(H,25,26)/t9-/m0/s1. The summed E-state index contributed by atoms with van der Waals surface area (Å²) >= 11 is 0. The number of imidazole rings is 1. The lowest BCUT2D eigenvalue weighted by molar-refractivity contribution is 0.0599. The number of amides is 1. The summed E-state index contributed by atoms with van der Waals surface area (Å²) < 4.78 is 5.71. The van der Waals surface area contributed by atoms with E-state index in [2.05, 4.69) is 20.0 Å². The Morgan fingerprint density at radius 2 is 1.86 bits per heavy atom. The van der Waals surface area contributed by atoms with Gasteiger partial charge >= 0.3 is 11.9 Å². The van der Waals surface area contributed by atoms with Crippen LogP contribution in [0.15, 0.2) is 36.5 Å². The fraction of sp³-hybridized carbons (Fsp3) is 0.167. The van der Waals surface area contributed by atoms with Gasteiger partial charge in [0.05, 0.1) is 24.9 Å². The number of esters is 1. The van der Waals surface area contributed by atoms with Crippen LogP contribution in [0.1, 0.15) is 49.9 Å². The molecule has 0 spiro atoms. The average Bonchev–Trinajstić information content (AvgIpc) is 3.06. The van der Waals surface area contributed by atoms with Crippen molar-refractivity contribution < 1.29 is 29.3 Å². The van der Waals surface area contributed by atoms with Crippen molar-refractivity contribution >= 4 is 23.6 Å². The summed E-state index contributed by atoms with van der Waals surface area (Å²) in [6, 6.07) is 7.14. The largest absolute Gasteiger partial charge is 0.492 e. The quantitative estimate of drug-likeness (QED) is 0.560. The highest BCUT2D eigenvalue weighted by molar-refractivity contribution is 5.96. The van der Waals surface area contributed by atoms with Gasteiger partial charge in [0.25, 0.3) is 5.91 Å². The zero-order chi connectivity index (χ0) is 20.4. The number of nitrogens with one attached hydrogen (secondary N) is 1. The summed E-state index contributed by atoms with van der Waals surface area (Å²) in [7, 11) is 1.29. The number of benzene rings is 1. The SMILES string of the molecule is COC(=O)c1ccc([C@H](C)NC(=O)c2cc(C(=O)O)n3cc(O)nc3n2)cc1. The predicted molar refractivity (Wildman–Crippen MR) is 95.3 cm³/mol. The molecular formula is C18H16N4O6. The average molecular weight is 384 g/mol. The van der Waals surface area contributed by atoms with Gasteiger partial charge in [0.15, 0.2) is 0 Å². The molecule has 3 N–H and O–H groups in total. The summed E-state index contributed by atoms with van der Waals surface area (Å²) in [4.78, 5) is 43.1. The third-order valence-corrected chi connectivity index (χ3v) is 4.06. The van der Waals surface area contributed by atoms with E-state index in [4.69, 9.17) is 0 Å². The lowest BCUT2D eigenvalue weighted by Crippen LogP contribution is -2.28. The smallest absolute Gasteiger partial charge is 0.353 e. The van der Waals surface area contributed by atoms with Crippen LogP contribution in [0.2, 0.25) is 0 Å². The first-order valence-electron chi connectivity index (χ1n) is 8.11. The molecule has 0 aliphatic heterocycles. The second-order valence-electron chi connectivity index (χ2n) is 5.91. The minimum Gasteiger partial charge on any atom is -0.492 e. The Bertz CT molecular complexity index is 1070. The zero-order valence-corrected chi connectivity index (χ0v) is 14.9. The number of carbonyl (C=O) groups is 3. The van der Waals surface area contributed by atoms with E-state index >= 15 is 0 Å². The number of hydrogen-bond acceptors (Lipinski definition) is 7. The molecule has 2 heterocycles. The minimum absolute atomic E-state index is 0.113. The van der Waals surface area contributed by atoms with Crippen LogP contribution in [-0.2, 0) is 4.74 Å². The van der Waals surface area contributed by atoms with Gasteiger partial charge in [-0.25, -0.2) is 14.6 Å². The van der Waals surface area contributed by atoms with Crippen molar-refractivity contribution in [2.45, 2.75) is 13.0 Å². The van der Waals surface area contributed by atoms with Crippen molar-refractivity contribution in [2.75, 3.05) is 7.11 Å². The molecule has 0 aliphatic carbocycles. The molecule has 28 heavy (non-hydrogen) atoms. The van der Waals surface area contributed by atoms with Crippen LogP contribution >= 0.6 is 0 Å². The van der Waals surface area contributed by atoms with Crippen molar-refractivity contribution in [2.24, 2.45) is 0 Å². The molecule has 3 rings (SSSR count). The molecule has 144 valence electrons. The number of nitrogens with zero attached hydrogens (tertiary/aromatic N) is 3. The molecule has 0 unspecified atom stereocenters. The van der Waals surface area contributed by atoms with Crippen molar-refractivity contribution in [1.82, 2.24) is 19.7 Å². The molecule has 1 atom stereocenters. The van der Waals surface area contributed by atoms with Gasteiger partial charge < -0.3 is 20.3 Å². The Hall–Kier alpha value is -3.95. The summed E-state index contributed by atoms with van der Waals surface area (Å²) in [5.74, 6) is -2.91. The predicted octanol–water partition coefficient (Wildman–Crippen LogP) is 1.41. The summed E-state index contributed by atoms with van der Waals surface area (Å²) in [5, 5.41) is 21.5. The second-order valence-corrected chi connectivity index (χ2v) is 5.91. The second kappa shape index (κ2) is 7.35. The van der Waals surface area contributed by atoms with Gasteiger partial charge in [-0.2, -0.15) is 4.98 Å². The Morgan fingerprint density at radius 1 is 1.18 bits per heavy atom. The maximum atomic E-state index is 12.5. The highest BCUT2D eigenvalue weighted by Crippen LogP contribution is 2.17. The van der Waals surface area contributed by atoms with Crippen LogP contribution in [0, 0.1) is 0 Å². The summed E-state index contributed by atoms with van der Waals surface area (Å²) in [5.41, 5.74) is 0.674. The first-order valence-corrected chi connectivity index (χ1v) is 8.11. The van der Waals surface area contributed by atoms with E-state index in [1.807, 2.05) is 0 Å². The van der Waals surface area contributed by atoms with Gasteiger partial charge in [0.1, 0.15) is 11.4 Å². The number of carbonyl (C=O) groups excluding carboxylic acids is 2. The number of aromatic hydroxyl groups is 1. The van der Waals surface area contributed by atoms with Gasteiger partial charge in [-0.1, -0.05) is 12.1 Å². The van der Waals surface area contributed by atoms with Crippen molar-refractivity contribution in [3.8, 4) is 5.88 Å². The van der Waals surface area contributed by atoms with Crippen LogP contribution < -0.4 is 5.32 Å². The maximum absolute atomic E-state index is 12.5. The lowest BCUT2D eigenvalue weighted by Gasteiger charge is -2.15. The van der Waals surface area contributed by atoms with E-state index in [1.165, 1.54) is 7.11 Å². The van der Waals surface area contributed by atoms with E-state index in [0.717, 1.165) is 22.2 Å². The van der Waals surface area contributed by atoms with E-state index < -0.39 is 29.8 Å². The molecule has 1 aromatic carbocycles. The Morgan fingerprint density at radius 3 is 2.46 bits per heavy atom. The van der Waals surface area contributed by atoms with Crippen LogP contribution in [0.4, 0.5) is 0 Å². The van der Waals surface area contributed by atoms with Crippen molar-refractivity contribution in [3.05, 3.63) is 59.0 Å². The molecule has 0 bridgehead atoms.